The van der Waals surface area contributed by atoms with E-state index in [-0.39, 0.29) is 0 Å². The number of piperidine rings is 1. The van der Waals surface area contributed by atoms with Gasteiger partial charge in [0.05, 0.1) is 0 Å². The number of rotatable bonds is 2. The van der Waals surface area contributed by atoms with Crippen LogP contribution in [0.3, 0.4) is 0 Å². The van der Waals surface area contributed by atoms with E-state index in [4.69, 9.17) is 0 Å². The first-order valence-electron chi connectivity index (χ1n) is 5.98. The minimum atomic E-state index is 0.806. The van der Waals surface area contributed by atoms with Crippen LogP contribution in [0.25, 0.3) is 0 Å². The van der Waals surface area contributed by atoms with Crippen LogP contribution < -0.4 is 0 Å². The van der Waals surface area contributed by atoms with Gasteiger partial charge >= 0.3 is 0 Å². The molecule has 2 rings (SSSR count). The summed E-state index contributed by atoms with van der Waals surface area (Å²) >= 11 is 2.45. The van der Waals surface area contributed by atoms with Crippen molar-refractivity contribution in [3.8, 4) is 0 Å². The van der Waals surface area contributed by atoms with Crippen LogP contribution in [0.1, 0.15) is 19.3 Å². The van der Waals surface area contributed by atoms with Crippen LogP contribution in [0.2, 0.25) is 0 Å². The first-order chi connectivity index (χ1) is 7.16. The summed E-state index contributed by atoms with van der Waals surface area (Å²) in [6, 6.07) is 1.63. The van der Waals surface area contributed by atoms with E-state index in [2.05, 4.69) is 49.9 Å². The highest BCUT2D eigenvalue weighted by molar-refractivity contribution is 14.1. The molecule has 0 saturated carbocycles. The Morgan fingerprint density at radius 3 is 2.20 bits per heavy atom. The highest BCUT2D eigenvalue weighted by Gasteiger charge is 2.29. The molecular formula is C11H22IN3. The third-order valence-corrected chi connectivity index (χ3v) is 4.89. The normalized spacial score (nSPS) is 31.6. The first-order valence-corrected chi connectivity index (χ1v) is 6.94. The van der Waals surface area contributed by atoms with Crippen LogP contribution in [-0.4, -0.2) is 65.3 Å². The predicted molar refractivity (Wildman–Crippen MR) is 72.3 cm³/mol. The number of nitrogens with zero attached hydrogens (tertiary/aromatic N) is 3. The molecule has 2 aliphatic rings. The van der Waals surface area contributed by atoms with E-state index in [1.807, 2.05) is 0 Å². The summed E-state index contributed by atoms with van der Waals surface area (Å²) < 4.78 is 2.42. The highest BCUT2D eigenvalue weighted by atomic mass is 127. The van der Waals surface area contributed by atoms with Gasteiger partial charge < -0.3 is 4.90 Å². The smallest absolute Gasteiger partial charge is 0.0235 e. The van der Waals surface area contributed by atoms with Crippen molar-refractivity contribution in [1.82, 2.24) is 12.9 Å². The van der Waals surface area contributed by atoms with E-state index in [1.165, 1.54) is 45.4 Å². The Morgan fingerprint density at radius 2 is 1.67 bits per heavy atom. The summed E-state index contributed by atoms with van der Waals surface area (Å²) in [6.07, 6.45) is 4.05. The lowest BCUT2D eigenvalue weighted by molar-refractivity contribution is 0.132. The summed E-state index contributed by atoms with van der Waals surface area (Å²) in [6.45, 7) is 5.07. The number of halogens is 1. The van der Waals surface area contributed by atoms with Gasteiger partial charge in [-0.3, -0.25) is 4.90 Å². The zero-order valence-corrected chi connectivity index (χ0v) is 12.0. The molecule has 4 heteroatoms. The molecule has 0 spiro atoms. The minimum Gasteiger partial charge on any atom is -0.305 e. The molecule has 0 aliphatic carbocycles. The molecule has 0 aromatic carbocycles. The molecule has 3 nitrogen and oxygen atoms in total. The average molecular weight is 323 g/mol. The fraction of sp³-hybridized carbons (Fsp3) is 1.00. The van der Waals surface area contributed by atoms with E-state index in [0.717, 1.165) is 12.1 Å². The Morgan fingerprint density at radius 1 is 1.07 bits per heavy atom. The molecular weight excluding hydrogens is 301 g/mol. The zero-order valence-electron chi connectivity index (χ0n) is 9.82. The Bertz CT molecular complexity index is 204. The fourth-order valence-corrected chi connectivity index (χ4v) is 3.34. The van der Waals surface area contributed by atoms with E-state index >= 15 is 0 Å². The molecule has 2 saturated heterocycles. The standard InChI is InChI=1S/C11H22IN3/c1-13-6-3-11(9-13)14(2)10-4-7-15(12)8-5-10/h10-11H,3-9H2,1-2H3. The Kier molecular flexibility index (Phi) is 4.26. The van der Waals surface area contributed by atoms with Gasteiger partial charge in [0.2, 0.25) is 0 Å². The summed E-state index contributed by atoms with van der Waals surface area (Å²) in [5.74, 6) is 0. The van der Waals surface area contributed by atoms with E-state index in [1.54, 1.807) is 0 Å². The van der Waals surface area contributed by atoms with E-state index in [0.29, 0.717) is 0 Å². The van der Waals surface area contributed by atoms with Gasteiger partial charge in [-0.2, -0.15) is 0 Å². The minimum absolute atomic E-state index is 0.806. The van der Waals surface area contributed by atoms with Crippen molar-refractivity contribution in [2.45, 2.75) is 31.3 Å². The van der Waals surface area contributed by atoms with Gasteiger partial charge in [0.15, 0.2) is 0 Å². The molecule has 2 aliphatic heterocycles. The Balaban J connectivity index is 1.82. The summed E-state index contributed by atoms with van der Waals surface area (Å²) in [4.78, 5) is 5.10. The summed E-state index contributed by atoms with van der Waals surface area (Å²) in [7, 11) is 4.57. The van der Waals surface area contributed by atoms with Gasteiger partial charge in [0, 0.05) is 54.6 Å². The second-order valence-electron chi connectivity index (χ2n) is 5.01. The summed E-state index contributed by atoms with van der Waals surface area (Å²) in [5.41, 5.74) is 0. The Hall–Kier alpha value is 0.610. The fourth-order valence-electron chi connectivity index (χ4n) is 2.78. The molecule has 0 bridgehead atoms. The van der Waals surface area contributed by atoms with Crippen molar-refractivity contribution in [2.75, 3.05) is 40.3 Å². The van der Waals surface area contributed by atoms with Crippen LogP contribution in [-0.2, 0) is 0 Å². The van der Waals surface area contributed by atoms with Gasteiger partial charge in [-0.05, 0) is 39.9 Å². The van der Waals surface area contributed by atoms with Crippen molar-refractivity contribution in [3.05, 3.63) is 0 Å². The molecule has 88 valence electrons. The van der Waals surface area contributed by atoms with Gasteiger partial charge in [-0.15, -0.1) is 0 Å². The molecule has 0 amide bonds. The third kappa shape index (κ3) is 3.05. The predicted octanol–water partition coefficient (Wildman–Crippen LogP) is 1.44. The van der Waals surface area contributed by atoms with Crippen LogP contribution in [0.5, 0.6) is 0 Å². The second-order valence-corrected chi connectivity index (χ2v) is 6.38. The molecule has 0 aromatic heterocycles. The van der Waals surface area contributed by atoms with E-state index < -0.39 is 0 Å². The van der Waals surface area contributed by atoms with Crippen molar-refractivity contribution in [3.63, 3.8) is 0 Å². The lowest BCUT2D eigenvalue weighted by atomic mass is 10.0. The SMILES string of the molecule is CN1CCC(N(C)C2CCN(I)CC2)C1. The van der Waals surface area contributed by atoms with Gasteiger partial charge in [-0.1, -0.05) is 0 Å². The maximum absolute atomic E-state index is 2.65. The number of hydrogen-bond acceptors (Lipinski definition) is 3. The van der Waals surface area contributed by atoms with Gasteiger partial charge in [0.25, 0.3) is 0 Å². The van der Waals surface area contributed by atoms with Crippen molar-refractivity contribution < 1.29 is 0 Å². The highest BCUT2D eigenvalue weighted by Crippen LogP contribution is 2.22. The van der Waals surface area contributed by atoms with E-state index in [9.17, 15) is 0 Å². The lowest BCUT2D eigenvalue weighted by Crippen LogP contribution is -2.46. The average Bonchev–Trinajstić information content (AvgIpc) is 2.65. The molecule has 1 atom stereocenters. The summed E-state index contributed by atoms with van der Waals surface area (Å²) in [5, 5.41) is 0. The molecule has 0 N–H and O–H groups in total. The largest absolute Gasteiger partial charge is 0.305 e. The zero-order chi connectivity index (χ0) is 10.8. The maximum Gasteiger partial charge on any atom is 0.0235 e. The number of likely N-dealkylation sites (N-methyl/N-ethyl adjacent to an activating group) is 2. The van der Waals surface area contributed by atoms with Crippen LogP contribution >= 0.6 is 22.9 Å². The molecule has 15 heavy (non-hydrogen) atoms. The lowest BCUT2D eigenvalue weighted by Gasteiger charge is -2.37. The first kappa shape index (κ1) is 12.1. The third-order valence-electron chi connectivity index (χ3n) is 3.93. The van der Waals surface area contributed by atoms with Crippen molar-refractivity contribution >= 4 is 22.9 Å². The second kappa shape index (κ2) is 5.29. The van der Waals surface area contributed by atoms with Crippen LogP contribution in [0, 0.1) is 0 Å². The van der Waals surface area contributed by atoms with Gasteiger partial charge in [0.1, 0.15) is 0 Å². The monoisotopic (exact) mass is 323 g/mol. The number of hydrogen-bond donors (Lipinski definition) is 0. The van der Waals surface area contributed by atoms with Crippen LogP contribution in [0.15, 0.2) is 0 Å². The van der Waals surface area contributed by atoms with Crippen molar-refractivity contribution in [2.24, 2.45) is 0 Å². The molecule has 0 aromatic rings. The molecule has 1 unspecified atom stereocenters. The molecule has 2 heterocycles. The van der Waals surface area contributed by atoms with Crippen LogP contribution in [0.4, 0.5) is 0 Å². The quantitative estimate of drug-likeness (QED) is 0.562. The molecule has 2 fully saturated rings. The Labute approximate surface area is 107 Å². The molecule has 0 radical (unpaired) electrons. The number of likely N-dealkylation sites (tertiary alicyclic amines) is 1. The maximum atomic E-state index is 2.65. The topological polar surface area (TPSA) is 9.72 Å². The van der Waals surface area contributed by atoms with Crippen molar-refractivity contribution in [1.29, 1.82) is 0 Å². The van der Waals surface area contributed by atoms with Gasteiger partial charge in [-0.25, -0.2) is 3.11 Å².